The molecule has 1 rings (SSSR count). The van der Waals surface area contributed by atoms with Crippen molar-refractivity contribution in [2.45, 2.75) is 40.0 Å². The quantitative estimate of drug-likeness (QED) is 0.585. The first-order valence-corrected chi connectivity index (χ1v) is 5.04. The highest BCUT2D eigenvalue weighted by atomic mass is 14.4. The molecule has 0 aromatic carbocycles. The summed E-state index contributed by atoms with van der Waals surface area (Å²) >= 11 is 0. The highest BCUT2D eigenvalue weighted by Gasteiger charge is 2.30. The van der Waals surface area contributed by atoms with E-state index >= 15 is 0 Å². The minimum Gasteiger partial charge on any atom is -0.198 e. The highest BCUT2D eigenvalue weighted by molar-refractivity contribution is 4.93. The van der Waals surface area contributed by atoms with Crippen LogP contribution in [0.4, 0.5) is 0 Å². The van der Waals surface area contributed by atoms with Gasteiger partial charge in [-0.25, -0.2) is 0 Å². The molecule has 3 unspecified atom stereocenters. The Balaban J connectivity index is 2.58. The van der Waals surface area contributed by atoms with Gasteiger partial charge in [0, 0.05) is 5.92 Å². The monoisotopic (exact) mass is 165 g/mol. The van der Waals surface area contributed by atoms with Gasteiger partial charge in [0.15, 0.2) is 0 Å². The van der Waals surface area contributed by atoms with Gasteiger partial charge in [-0.2, -0.15) is 5.26 Å². The van der Waals surface area contributed by atoms with Crippen LogP contribution in [0.25, 0.3) is 0 Å². The van der Waals surface area contributed by atoms with Crippen LogP contribution in [0, 0.1) is 35.0 Å². The molecule has 1 nitrogen and oxygen atoms in total. The number of hydrogen-bond acceptors (Lipinski definition) is 1. The summed E-state index contributed by atoms with van der Waals surface area (Å²) in [5, 5.41) is 8.98. The van der Waals surface area contributed by atoms with Gasteiger partial charge in [0.2, 0.25) is 0 Å². The number of rotatable bonds is 1. The molecule has 0 radical (unpaired) electrons. The molecule has 1 heteroatoms. The third-order valence-corrected chi connectivity index (χ3v) is 3.19. The molecule has 1 aliphatic rings. The van der Waals surface area contributed by atoms with E-state index in [0.29, 0.717) is 17.8 Å². The average molecular weight is 165 g/mol. The minimum atomic E-state index is 0.328. The van der Waals surface area contributed by atoms with Crippen LogP contribution in [0.2, 0.25) is 0 Å². The van der Waals surface area contributed by atoms with E-state index in [2.05, 4.69) is 26.8 Å². The van der Waals surface area contributed by atoms with Crippen LogP contribution >= 0.6 is 0 Å². The Morgan fingerprint density at radius 3 is 2.50 bits per heavy atom. The molecule has 0 N–H and O–H groups in total. The number of hydrogen-bond donors (Lipinski definition) is 0. The van der Waals surface area contributed by atoms with Crippen molar-refractivity contribution >= 4 is 0 Å². The van der Waals surface area contributed by atoms with Gasteiger partial charge >= 0.3 is 0 Å². The highest BCUT2D eigenvalue weighted by Crippen LogP contribution is 2.37. The first kappa shape index (κ1) is 9.58. The summed E-state index contributed by atoms with van der Waals surface area (Å²) in [5.74, 6) is 2.44. The summed E-state index contributed by atoms with van der Waals surface area (Å²) in [5.41, 5.74) is 0. The molecule has 1 saturated carbocycles. The third-order valence-electron chi connectivity index (χ3n) is 3.19. The second-order valence-electron chi connectivity index (χ2n) is 4.56. The summed E-state index contributed by atoms with van der Waals surface area (Å²) in [4.78, 5) is 0. The molecule has 0 aromatic heterocycles. The predicted molar refractivity (Wildman–Crippen MR) is 50.4 cm³/mol. The largest absolute Gasteiger partial charge is 0.198 e. The first-order valence-electron chi connectivity index (χ1n) is 5.04. The lowest BCUT2D eigenvalue weighted by atomic mass is 9.71. The van der Waals surface area contributed by atoms with Crippen LogP contribution in [0.1, 0.15) is 40.0 Å². The molecule has 12 heavy (non-hydrogen) atoms. The van der Waals surface area contributed by atoms with Crippen LogP contribution < -0.4 is 0 Å². The Morgan fingerprint density at radius 2 is 2.00 bits per heavy atom. The van der Waals surface area contributed by atoms with Gasteiger partial charge in [0.25, 0.3) is 0 Å². The summed E-state index contributed by atoms with van der Waals surface area (Å²) in [6, 6.07) is 2.47. The molecule has 0 spiro atoms. The fourth-order valence-electron chi connectivity index (χ4n) is 2.35. The topological polar surface area (TPSA) is 23.8 Å². The zero-order valence-corrected chi connectivity index (χ0v) is 8.38. The van der Waals surface area contributed by atoms with Crippen LogP contribution in [0.5, 0.6) is 0 Å². The van der Waals surface area contributed by atoms with Crippen molar-refractivity contribution in [3.05, 3.63) is 0 Å². The number of nitriles is 1. The average Bonchev–Trinajstić information content (AvgIpc) is 2.03. The van der Waals surface area contributed by atoms with Crippen LogP contribution in [0.3, 0.4) is 0 Å². The summed E-state index contributed by atoms with van der Waals surface area (Å²) in [6.07, 6.45) is 3.71. The van der Waals surface area contributed by atoms with Gasteiger partial charge in [-0.3, -0.25) is 0 Å². The summed E-state index contributed by atoms with van der Waals surface area (Å²) in [6.45, 7) is 6.75. The zero-order valence-electron chi connectivity index (χ0n) is 8.38. The normalized spacial score (nSPS) is 36.4. The van der Waals surface area contributed by atoms with E-state index in [-0.39, 0.29) is 0 Å². The molecular formula is C11H19N. The van der Waals surface area contributed by atoms with E-state index in [9.17, 15) is 0 Å². The molecule has 0 heterocycles. The van der Waals surface area contributed by atoms with Crippen molar-refractivity contribution in [1.82, 2.24) is 0 Å². The fourth-order valence-corrected chi connectivity index (χ4v) is 2.35. The fraction of sp³-hybridized carbons (Fsp3) is 0.909. The molecule has 1 fully saturated rings. The second kappa shape index (κ2) is 3.94. The molecule has 0 amide bonds. The van der Waals surface area contributed by atoms with Crippen LogP contribution in [-0.4, -0.2) is 0 Å². The minimum absolute atomic E-state index is 0.328. The molecular weight excluding hydrogens is 146 g/mol. The van der Waals surface area contributed by atoms with Crippen molar-refractivity contribution in [3.8, 4) is 6.07 Å². The zero-order chi connectivity index (χ0) is 9.14. The van der Waals surface area contributed by atoms with E-state index in [0.717, 1.165) is 12.3 Å². The Morgan fingerprint density at radius 1 is 1.33 bits per heavy atom. The Labute approximate surface area is 75.8 Å². The molecule has 68 valence electrons. The standard InChI is InChI=1S/C11H19N/c1-8(2)11-5-4-9(3)6-10(11)7-12/h8-11H,4-6H2,1-3H3. The van der Waals surface area contributed by atoms with Crippen molar-refractivity contribution in [1.29, 1.82) is 5.26 Å². The molecule has 1 aliphatic carbocycles. The maximum Gasteiger partial charge on any atom is 0.0658 e. The molecule has 3 atom stereocenters. The summed E-state index contributed by atoms with van der Waals surface area (Å²) < 4.78 is 0. The van der Waals surface area contributed by atoms with Gasteiger partial charge < -0.3 is 0 Å². The maximum absolute atomic E-state index is 8.98. The lowest BCUT2D eigenvalue weighted by Gasteiger charge is -2.33. The summed E-state index contributed by atoms with van der Waals surface area (Å²) in [7, 11) is 0. The van der Waals surface area contributed by atoms with E-state index < -0.39 is 0 Å². The van der Waals surface area contributed by atoms with Crippen molar-refractivity contribution in [2.24, 2.45) is 23.7 Å². The molecule has 0 bridgehead atoms. The van der Waals surface area contributed by atoms with Crippen molar-refractivity contribution in [2.75, 3.05) is 0 Å². The van der Waals surface area contributed by atoms with Crippen molar-refractivity contribution < 1.29 is 0 Å². The Bertz CT molecular complexity index is 178. The van der Waals surface area contributed by atoms with Gasteiger partial charge in [-0.1, -0.05) is 27.2 Å². The molecule has 0 aromatic rings. The number of nitrogens with zero attached hydrogens (tertiary/aromatic N) is 1. The Hall–Kier alpha value is -0.510. The van der Waals surface area contributed by atoms with E-state index in [4.69, 9.17) is 5.26 Å². The van der Waals surface area contributed by atoms with Gasteiger partial charge in [-0.05, 0) is 30.6 Å². The first-order chi connectivity index (χ1) is 5.65. The van der Waals surface area contributed by atoms with Gasteiger partial charge in [0.1, 0.15) is 0 Å². The van der Waals surface area contributed by atoms with Crippen LogP contribution in [-0.2, 0) is 0 Å². The van der Waals surface area contributed by atoms with Crippen molar-refractivity contribution in [3.63, 3.8) is 0 Å². The second-order valence-corrected chi connectivity index (χ2v) is 4.56. The molecule has 0 aliphatic heterocycles. The van der Waals surface area contributed by atoms with E-state index in [1.54, 1.807) is 0 Å². The third kappa shape index (κ3) is 2.00. The van der Waals surface area contributed by atoms with E-state index in [1.165, 1.54) is 12.8 Å². The smallest absolute Gasteiger partial charge is 0.0658 e. The predicted octanol–water partition coefficient (Wildman–Crippen LogP) is 3.22. The van der Waals surface area contributed by atoms with Gasteiger partial charge in [-0.15, -0.1) is 0 Å². The van der Waals surface area contributed by atoms with Crippen LogP contribution in [0.15, 0.2) is 0 Å². The Kier molecular flexibility index (Phi) is 3.14. The maximum atomic E-state index is 8.98. The SMILES string of the molecule is CC1CCC(C(C)C)C(C#N)C1. The lowest BCUT2D eigenvalue weighted by Crippen LogP contribution is -2.26. The molecule has 0 saturated heterocycles. The lowest BCUT2D eigenvalue weighted by molar-refractivity contribution is 0.183. The van der Waals surface area contributed by atoms with E-state index in [1.807, 2.05) is 0 Å². The van der Waals surface area contributed by atoms with Gasteiger partial charge in [0.05, 0.1) is 6.07 Å².